The molecule has 0 aromatic heterocycles. The summed E-state index contributed by atoms with van der Waals surface area (Å²) in [6.45, 7) is 0.814. The zero-order chi connectivity index (χ0) is 25.1. The smallest absolute Gasteiger partial charge is 0.295 e. The van der Waals surface area contributed by atoms with Gasteiger partial charge in [-0.05, 0) is 42.7 Å². The molecule has 186 valence electrons. The van der Waals surface area contributed by atoms with Crippen LogP contribution >= 0.6 is 0 Å². The Morgan fingerprint density at radius 2 is 1.74 bits per heavy atom. The Morgan fingerprint density at radius 3 is 2.31 bits per heavy atom. The fourth-order valence-electron chi connectivity index (χ4n) is 4.61. The Labute approximate surface area is 203 Å². The molecule has 2 aromatic carbocycles. The summed E-state index contributed by atoms with van der Waals surface area (Å²) in [4.78, 5) is 28.0. The number of amides is 1. The highest BCUT2D eigenvalue weighted by atomic mass is 16.5. The van der Waals surface area contributed by atoms with Crippen molar-refractivity contribution in [2.75, 3.05) is 41.6 Å². The van der Waals surface area contributed by atoms with Crippen LogP contribution in [-0.4, -0.2) is 69.4 Å². The first-order valence-corrected chi connectivity index (χ1v) is 11.3. The maximum atomic E-state index is 13.3. The molecule has 2 heterocycles. The van der Waals surface area contributed by atoms with Crippen molar-refractivity contribution in [3.05, 3.63) is 53.1 Å². The van der Waals surface area contributed by atoms with E-state index >= 15 is 0 Å². The second kappa shape index (κ2) is 10.3. The Balaban J connectivity index is 1.91. The van der Waals surface area contributed by atoms with Gasteiger partial charge in [0.25, 0.3) is 11.7 Å². The number of ketones is 1. The molecule has 1 N–H and O–H groups in total. The van der Waals surface area contributed by atoms with Crippen LogP contribution < -0.4 is 18.9 Å². The lowest BCUT2D eigenvalue weighted by molar-refractivity contribution is -0.140. The van der Waals surface area contributed by atoms with Gasteiger partial charge in [0.05, 0.1) is 46.2 Å². The van der Waals surface area contributed by atoms with Gasteiger partial charge in [0, 0.05) is 18.7 Å². The molecule has 4 rings (SSSR count). The van der Waals surface area contributed by atoms with Gasteiger partial charge in [-0.1, -0.05) is 12.1 Å². The summed E-state index contributed by atoms with van der Waals surface area (Å²) in [6, 6.07) is 9.15. The van der Waals surface area contributed by atoms with E-state index in [0.717, 1.165) is 12.8 Å². The van der Waals surface area contributed by atoms with Crippen LogP contribution in [0.3, 0.4) is 0 Å². The summed E-state index contributed by atoms with van der Waals surface area (Å²) in [7, 11) is 5.98. The number of benzene rings is 2. The molecule has 9 heteroatoms. The third-order valence-corrected chi connectivity index (χ3v) is 6.31. The van der Waals surface area contributed by atoms with Crippen LogP contribution in [0.5, 0.6) is 23.0 Å². The van der Waals surface area contributed by atoms with E-state index in [2.05, 4.69) is 0 Å². The quantitative estimate of drug-likeness (QED) is 0.347. The number of aliphatic hydroxyl groups excluding tert-OH is 1. The third-order valence-electron chi connectivity index (χ3n) is 6.31. The lowest BCUT2D eigenvalue weighted by Gasteiger charge is -2.28. The standard InChI is InChI=1S/C26H29NO8/c1-31-17-8-5-7-15(11-17)23(28)21-22(16-12-19(32-2)25(34-4)20(13-16)33-3)27(26(30)24(21)29)14-18-9-6-10-35-18/h5,7-8,11-13,18,22,28H,6,9-10,14H2,1-4H3/b23-21+. The maximum absolute atomic E-state index is 13.3. The van der Waals surface area contributed by atoms with Crippen LogP contribution in [0.25, 0.3) is 5.76 Å². The Kier molecular flexibility index (Phi) is 7.16. The highest BCUT2D eigenvalue weighted by Gasteiger charge is 2.47. The number of hydrogen-bond donors (Lipinski definition) is 1. The van der Waals surface area contributed by atoms with Crippen molar-refractivity contribution in [3.8, 4) is 23.0 Å². The summed E-state index contributed by atoms with van der Waals surface area (Å²) in [5.41, 5.74) is 0.855. The molecule has 35 heavy (non-hydrogen) atoms. The maximum Gasteiger partial charge on any atom is 0.295 e. The number of aliphatic hydroxyl groups is 1. The first-order valence-electron chi connectivity index (χ1n) is 11.3. The fraction of sp³-hybridized carbons (Fsp3) is 0.385. The van der Waals surface area contributed by atoms with Crippen LogP contribution in [0, 0.1) is 0 Å². The Bertz CT molecular complexity index is 1130. The molecular formula is C26H29NO8. The van der Waals surface area contributed by atoms with Crippen molar-refractivity contribution in [2.24, 2.45) is 0 Å². The molecule has 2 aliphatic rings. The van der Waals surface area contributed by atoms with Gasteiger partial charge in [-0.15, -0.1) is 0 Å². The van der Waals surface area contributed by atoms with Crippen molar-refractivity contribution in [1.29, 1.82) is 0 Å². The molecule has 9 nitrogen and oxygen atoms in total. The zero-order valence-corrected chi connectivity index (χ0v) is 20.2. The SMILES string of the molecule is COc1cccc(/C(O)=C2\C(=O)C(=O)N(CC3CCCO3)C2c2cc(OC)c(OC)c(OC)c2)c1. The molecular weight excluding hydrogens is 454 g/mol. The van der Waals surface area contributed by atoms with Crippen LogP contribution in [0.2, 0.25) is 0 Å². The van der Waals surface area contributed by atoms with Gasteiger partial charge in [-0.25, -0.2) is 0 Å². The number of carbonyl (C=O) groups is 2. The summed E-state index contributed by atoms with van der Waals surface area (Å²) >= 11 is 0. The minimum atomic E-state index is -0.890. The molecule has 0 spiro atoms. The number of hydrogen-bond acceptors (Lipinski definition) is 8. The van der Waals surface area contributed by atoms with Crippen LogP contribution in [0.1, 0.15) is 30.0 Å². The molecule has 0 aliphatic carbocycles. The van der Waals surface area contributed by atoms with Crippen molar-refractivity contribution < 1.29 is 38.4 Å². The van der Waals surface area contributed by atoms with Gasteiger partial charge < -0.3 is 33.7 Å². The average Bonchev–Trinajstić information content (AvgIpc) is 3.49. The number of rotatable bonds is 8. The minimum absolute atomic E-state index is 0.0319. The summed E-state index contributed by atoms with van der Waals surface area (Å²) in [5.74, 6) is -0.159. The lowest BCUT2D eigenvalue weighted by atomic mass is 9.94. The van der Waals surface area contributed by atoms with Crippen LogP contribution in [-0.2, 0) is 14.3 Å². The Morgan fingerprint density at radius 1 is 1.03 bits per heavy atom. The van der Waals surface area contributed by atoms with E-state index in [4.69, 9.17) is 23.7 Å². The van der Waals surface area contributed by atoms with E-state index < -0.39 is 17.7 Å². The minimum Gasteiger partial charge on any atom is -0.507 e. The Hall–Kier alpha value is -3.72. The van der Waals surface area contributed by atoms with Gasteiger partial charge in [0.2, 0.25) is 5.75 Å². The fourth-order valence-corrected chi connectivity index (χ4v) is 4.61. The number of likely N-dealkylation sites (tertiary alicyclic amines) is 1. The highest BCUT2D eigenvalue weighted by molar-refractivity contribution is 6.46. The molecule has 1 amide bonds. The van der Waals surface area contributed by atoms with Crippen molar-refractivity contribution in [3.63, 3.8) is 0 Å². The highest BCUT2D eigenvalue weighted by Crippen LogP contribution is 2.46. The number of carbonyl (C=O) groups excluding carboxylic acids is 2. The molecule has 2 aromatic rings. The third kappa shape index (κ3) is 4.51. The van der Waals surface area contributed by atoms with Gasteiger partial charge in [0.15, 0.2) is 11.5 Å². The number of methoxy groups -OCH3 is 4. The second-order valence-corrected chi connectivity index (χ2v) is 8.28. The summed E-state index contributed by atoms with van der Waals surface area (Å²) in [6.07, 6.45) is 1.46. The zero-order valence-electron chi connectivity index (χ0n) is 20.2. The second-order valence-electron chi connectivity index (χ2n) is 8.28. The first-order chi connectivity index (χ1) is 16.9. The van der Waals surface area contributed by atoms with Crippen molar-refractivity contribution >= 4 is 17.4 Å². The number of Topliss-reactive ketones (excluding diaryl/α,β-unsaturated/α-hetero) is 1. The molecule has 2 saturated heterocycles. The van der Waals surface area contributed by atoms with E-state index in [9.17, 15) is 14.7 Å². The van der Waals surface area contributed by atoms with E-state index in [1.54, 1.807) is 36.4 Å². The lowest BCUT2D eigenvalue weighted by Crippen LogP contribution is -2.36. The molecule has 0 bridgehead atoms. The van der Waals surface area contributed by atoms with Crippen LogP contribution in [0.4, 0.5) is 0 Å². The monoisotopic (exact) mass is 483 g/mol. The molecule has 2 fully saturated rings. The first kappa shape index (κ1) is 24.4. The van der Waals surface area contributed by atoms with Gasteiger partial charge >= 0.3 is 0 Å². The topological polar surface area (TPSA) is 104 Å². The van der Waals surface area contributed by atoms with Gasteiger partial charge in [-0.3, -0.25) is 9.59 Å². The molecule has 2 aliphatic heterocycles. The predicted molar refractivity (Wildman–Crippen MR) is 127 cm³/mol. The number of ether oxygens (including phenoxy) is 5. The van der Waals surface area contributed by atoms with Crippen molar-refractivity contribution in [2.45, 2.75) is 25.0 Å². The average molecular weight is 484 g/mol. The van der Waals surface area contributed by atoms with E-state index in [0.29, 0.717) is 40.7 Å². The molecule has 2 unspecified atom stereocenters. The van der Waals surface area contributed by atoms with Gasteiger partial charge in [-0.2, -0.15) is 0 Å². The summed E-state index contributed by atoms with van der Waals surface area (Å²) in [5, 5.41) is 11.3. The van der Waals surface area contributed by atoms with Crippen LogP contribution in [0.15, 0.2) is 42.0 Å². The molecule has 2 atom stereocenters. The normalized spacial score (nSPS) is 21.3. The number of nitrogens with zero attached hydrogens (tertiary/aromatic N) is 1. The molecule has 0 radical (unpaired) electrons. The largest absolute Gasteiger partial charge is 0.507 e. The van der Waals surface area contributed by atoms with E-state index in [-0.39, 0.29) is 24.0 Å². The van der Waals surface area contributed by atoms with Crippen molar-refractivity contribution in [1.82, 2.24) is 4.90 Å². The van der Waals surface area contributed by atoms with E-state index in [1.165, 1.54) is 33.3 Å². The van der Waals surface area contributed by atoms with E-state index in [1.807, 2.05) is 0 Å². The molecule has 0 saturated carbocycles. The van der Waals surface area contributed by atoms with Gasteiger partial charge in [0.1, 0.15) is 11.5 Å². The summed E-state index contributed by atoms with van der Waals surface area (Å²) < 4.78 is 27.4. The predicted octanol–water partition coefficient (Wildman–Crippen LogP) is 3.32.